The summed E-state index contributed by atoms with van der Waals surface area (Å²) in [5.74, 6) is -9.53. The number of urea groups is 6. The van der Waals surface area contributed by atoms with Crippen molar-refractivity contribution in [2.75, 3.05) is 113 Å². The number of likely N-dealkylation sites (tertiary alicyclic amines) is 3. The highest BCUT2D eigenvalue weighted by atomic mass is 32.2. The van der Waals surface area contributed by atoms with Crippen LogP contribution < -0.4 is 36.6 Å². The molecule has 0 radical (unpaired) electrons. The van der Waals surface area contributed by atoms with Gasteiger partial charge in [0, 0.05) is 63.4 Å². The molecule has 12 amide bonds. The zero-order valence-electron chi connectivity index (χ0n) is 80.5. The number of ether oxygens (including phenoxy) is 4. The number of hydrogen-bond acceptors (Lipinski definition) is 17. The molecule has 34 heteroatoms. The van der Waals surface area contributed by atoms with Crippen molar-refractivity contribution in [1.82, 2.24) is 61.3 Å². The summed E-state index contributed by atoms with van der Waals surface area (Å²) >= 11 is 1.73. The van der Waals surface area contributed by atoms with E-state index >= 15 is 0 Å². The number of piperidine rings is 3. The molecule has 6 heterocycles. The molecular formula is C107H116F8N12O13S. The van der Waals surface area contributed by atoms with E-state index in [0.717, 1.165) is 136 Å². The predicted octanol–water partition coefficient (Wildman–Crippen LogP) is 18.9. The Labute approximate surface area is 818 Å². The molecule has 141 heavy (non-hydrogen) atoms. The lowest BCUT2D eigenvalue weighted by Crippen LogP contribution is -2.54. The number of rotatable bonds is 26. The fourth-order valence-electron chi connectivity index (χ4n) is 19.9. The molecule has 744 valence electrons. The van der Waals surface area contributed by atoms with Crippen LogP contribution in [0.3, 0.4) is 0 Å². The van der Waals surface area contributed by atoms with E-state index in [1.165, 1.54) is 121 Å². The van der Waals surface area contributed by atoms with E-state index in [4.69, 9.17) is 18.9 Å². The first-order valence-corrected chi connectivity index (χ1v) is 47.8. The zero-order chi connectivity index (χ0) is 101. The lowest BCUT2D eigenvalue weighted by atomic mass is 9.67. The van der Waals surface area contributed by atoms with Crippen molar-refractivity contribution in [3.05, 3.63) is 341 Å². The Kier molecular flexibility index (Phi) is 34.6. The first-order chi connectivity index (χ1) is 67.6. The highest BCUT2D eigenvalue weighted by molar-refractivity contribution is 7.98. The number of benzene rings is 9. The minimum absolute atomic E-state index is 0.00605. The minimum atomic E-state index is -1.37. The molecule has 9 aromatic rings. The molecular weight excluding hydrogens is 1850 g/mol. The summed E-state index contributed by atoms with van der Waals surface area (Å²) in [4.78, 5) is 128. The molecule has 0 bridgehead atoms. The monoisotopic (exact) mass is 1960 g/mol. The molecule has 0 aromatic heterocycles. The van der Waals surface area contributed by atoms with E-state index in [1.54, 1.807) is 30.0 Å². The van der Waals surface area contributed by atoms with Crippen molar-refractivity contribution in [3.63, 3.8) is 0 Å². The summed E-state index contributed by atoms with van der Waals surface area (Å²) in [7, 11) is 4.99. The van der Waals surface area contributed by atoms with Gasteiger partial charge in [-0.05, 0) is 293 Å². The summed E-state index contributed by atoms with van der Waals surface area (Å²) in [5, 5.41) is 15.8. The number of allylic oxidation sites excluding steroid dienone is 3. The summed E-state index contributed by atoms with van der Waals surface area (Å²) in [6.45, 7) is 18.3. The molecule has 3 saturated heterocycles. The first-order valence-electron chi connectivity index (χ1n) is 46.6. The molecule has 9 aromatic carbocycles. The van der Waals surface area contributed by atoms with Crippen molar-refractivity contribution >= 4 is 65.9 Å². The minimum Gasteiger partial charge on any atom is -0.496 e. The third kappa shape index (κ3) is 23.5. The Morgan fingerprint density at radius 1 is 0.369 bits per heavy atom. The number of nitrogens with one attached hydrogen (secondary N) is 6. The van der Waals surface area contributed by atoms with E-state index in [0.29, 0.717) is 63.1 Å². The summed E-state index contributed by atoms with van der Waals surface area (Å²) in [6, 6.07) is 45.9. The Morgan fingerprint density at radius 2 is 0.681 bits per heavy atom. The Morgan fingerprint density at radius 3 is 1.01 bits per heavy atom. The molecule has 0 saturated carbocycles. The predicted molar refractivity (Wildman–Crippen MR) is 517 cm³/mol. The van der Waals surface area contributed by atoms with E-state index in [9.17, 15) is 78.3 Å². The average Bonchev–Trinajstić information content (AvgIpc) is 0.756. The smallest absolute Gasteiger partial charge is 0.337 e. The number of esters is 3. The second-order valence-electron chi connectivity index (χ2n) is 35.9. The first kappa shape index (κ1) is 105. The number of halogens is 8. The summed E-state index contributed by atoms with van der Waals surface area (Å²) in [5.41, 5.74) is 10.2. The SMILES string of the molecule is COC(=O)C1=C(C)NC(=O)N(C(=O)NCCCN2CCC(c3ccc(C)cc3)(c3ccc(SC)cc3)CC2)C1c1ccc(F)c(F)c1.COC(=O)C1=C(C)NC(=O)N(C(=O)NCCCN2CCC(c3ccc(C)cc3)(c3ccccc3C)CC2)C1c1ccc(F)c(F)c1.COC(=O)C1=C(C)NC(=O)N(C(=O)NCCCN2CCC(c3ccc(F)cc3)(c3cc(F)ccc3OC)CC2)C1c1ccc(F)c(F)c1. The topological polar surface area (TPSA) is 282 Å². The molecule has 0 aliphatic carbocycles. The number of carbonyl (C=O) groups is 9. The number of thioether (sulfide) groups is 1. The fourth-order valence-corrected chi connectivity index (χ4v) is 20.4. The van der Waals surface area contributed by atoms with Crippen LogP contribution in [0.4, 0.5) is 63.9 Å². The number of amides is 12. The second kappa shape index (κ2) is 46.6. The largest absolute Gasteiger partial charge is 0.496 e. The van der Waals surface area contributed by atoms with E-state index < -0.39 is 118 Å². The van der Waals surface area contributed by atoms with Crippen LogP contribution in [-0.2, 0) is 44.8 Å². The van der Waals surface area contributed by atoms with Crippen LogP contribution in [0, 0.1) is 67.3 Å². The number of imide groups is 3. The number of hydrogen-bond donors (Lipinski definition) is 6. The molecule has 0 spiro atoms. The van der Waals surface area contributed by atoms with Gasteiger partial charge in [0.2, 0.25) is 0 Å². The van der Waals surface area contributed by atoms with Gasteiger partial charge in [0.25, 0.3) is 0 Å². The van der Waals surface area contributed by atoms with Crippen LogP contribution in [0.15, 0.2) is 233 Å². The van der Waals surface area contributed by atoms with Crippen LogP contribution >= 0.6 is 11.8 Å². The van der Waals surface area contributed by atoms with Gasteiger partial charge >= 0.3 is 54.1 Å². The third-order valence-corrected chi connectivity index (χ3v) is 28.2. The van der Waals surface area contributed by atoms with Crippen molar-refractivity contribution in [2.45, 2.75) is 139 Å². The van der Waals surface area contributed by atoms with Gasteiger partial charge in [0.1, 0.15) is 35.5 Å². The molecule has 6 aliphatic heterocycles. The second-order valence-corrected chi connectivity index (χ2v) is 36.8. The van der Waals surface area contributed by atoms with Crippen LogP contribution in [0.5, 0.6) is 5.75 Å². The molecule has 25 nitrogen and oxygen atoms in total. The summed E-state index contributed by atoms with van der Waals surface area (Å²) < 4.78 is 133. The van der Waals surface area contributed by atoms with Gasteiger partial charge in [-0.3, -0.25) is 0 Å². The Balaban J connectivity index is 0.000000178. The van der Waals surface area contributed by atoms with Gasteiger partial charge in [-0.2, -0.15) is 0 Å². The number of carbonyl (C=O) groups excluding carboxylic acids is 9. The molecule has 15 rings (SSSR count). The van der Waals surface area contributed by atoms with Gasteiger partial charge in [-0.1, -0.05) is 126 Å². The zero-order valence-corrected chi connectivity index (χ0v) is 81.3. The maximum absolute atomic E-state index is 14.5. The fraction of sp³-hybridized carbons (Fsp3) is 0.355. The molecule has 6 N–H and O–H groups in total. The highest BCUT2D eigenvalue weighted by Gasteiger charge is 2.48. The maximum Gasteiger partial charge on any atom is 0.337 e. The van der Waals surface area contributed by atoms with E-state index in [-0.39, 0.29) is 86.8 Å². The third-order valence-electron chi connectivity index (χ3n) is 27.5. The Hall–Kier alpha value is -13.7. The lowest BCUT2D eigenvalue weighted by Gasteiger charge is -2.43. The van der Waals surface area contributed by atoms with Crippen LogP contribution in [-0.4, -0.2) is 197 Å². The Bertz CT molecular complexity index is 6210. The highest BCUT2D eigenvalue weighted by Crippen LogP contribution is 2.49. The lowest BCUT2D eigenvalue weighted by molar-refractivity contribution is -0.137. The number of methoxy groups -OCH3 is 4. The van der Waals surface area contributed by atoms with Crippen molar-refractivity contribution in [3.8, 4) is 5.75 Å². The number of aryl methyl sites for hydroxylation is 3. The van der Waals surface area contributed by atoms with Gasteiger partial charge in [-0.15, -0.1) is 11.8 Å². The normalized spacial score (nSPS) is 18.1. The van der Waals surface area contributed by atoms with Crippen LogP contribution in [0.2, 0.25) is 0 Å². The molecule has 6 aliphatic rings. The van der Waals surface area contributed by atoms with E-state index in [1.807, 2.05) is 0 Å². The van der Waals surface area contributed by atoms with E-state index in [2.05, 4.69) is 171 Å². The van der Waals surface area contributed by atoms with Crippen LogP contribution in [0.25, 0.3) is 0 Å². The number of nitrogens with zero attached hydrogens (tertiary/aromatic N) is 6. The van der Waals surface area contributed by atoms with Crippen molar-refractivity contribution in [2.24, 2.45) is 0 Å². The summed E-state index contributed by atoms with van der Waals surface area (Å²) in [6.07, 6.45) is 8.82. The molecule has 3 fully saturated rings. The van der Waals surface area contributed by atoms with Gasteiger partial charge in [0.15, 0.2) is 34.9 Å². The van der Waals surface area contributed by atoms with Crippen molar-refractivity contribution in [1.29, 1.82) is 0 Å². The quantitative estimate of drug-likeness (QED) is 0.00966. The van der Waals surface area contributed by atoms with Gasteiger partial charge in [0.05, 0.1) is 45.2 Å². The molecule has 3 atom stereocenters. The standard InChI is InChI=1S/C36H40F2N4O4S.C36H40F2N4O4.C35H36F4N4O5/c1-23-6-9-26(10-7-23)36(27-11-13-28(47-4)14-12-27)16-20-41(21-17-36)19-5-18-39-34(44)42-32(25-8-15-29(37)30(38)22-25)31(33(43)46-3)24(2)40-35(42)45;1-23-10-13-27(14-11-23)36(28-9-6-5-8-24(28)2)16-20-41(21-17-36)19-7-18-39-34(44)42-32(26-12-15-29(37)30(38)22-26)31(33(43)46-4)25(3)40-35(42)45;1-21-30(32(44)48-3)31(22-5-11-27(38)28(39)19-22)43(34(46)41-21)33(45)40-15-4-16-42-17-13-35(14-18-42,23-6-8-24(36)9-7-23)26-20-25(37)10-12-29(26)47-2/h6-15,22,32H,5,16-21H2,1-4H3,(H,39,44)(H,40,45);5-6,8-15,22,32H,7,16-21H2,1-4H3,(H,39,44)(H,40,45);5-12,19-20,31H,4,13-18H2,1-3H3,(H,40,45)(H,41,46). The molecule has 3 unspecified atom stereocenters. The average molecular weight is 1960 g/mol. The van der Waals surface area contributed by atoms with Crippen molar-refractivity contribution < 1.29 is 97.2 Å². The van der Waals surface area contributed by atoms with Gasteiger partial charge < -0.3 is 65.5 Å². The van der Waals surface area contributed by atoms with Crippen LogP contribution in [0.1, 0.15) is 163 Å². The maximum atomic E-state index is 14.5. The van der Waals surface area contributed by atoms with Gasteiger partial charge in [-0.25, -0.2) is 93.0 Å².